The molecule has 0 spiro atoms. The zero-order valence-electron chi connectivity index (χ0n) is 11.5. The summed E-state index contributed by atoms with van der Waals surface area (Å²) < 4.78 is 11.1. The van der Waals surface area contributed by atoms with Gasteiger partial charge in [0.1, 0.15) is 12.4 Å². The van der Waals surface area contributed by atoms with Gasteiger partial charge in [-0.3, -0.25) is 15.1 Å². The third-order valence-electron chi connectivity index (χ3n) is 3.22. The maximum atomic E-state index is 11.4. The van der Waals surface area contributed by atoms with Gasteiger partial charge in [0.15, 0.2) is 0 Å². The van der Waals surface area contributed by atoms with Gasteiger partial charge in [-0.25, -0.2) is 5.84 Å². The summed E-state index contributed by atoms with van der Waals surface area (Å²) in [6, 6.07) is 6.99. The molecule has 1 aliphatic heterocycles. The van der Waals surface area contributed by atoms with Crippen LogP contribution in [0.2, 0.25) is 0 Å². The molecule has 0 unspecified atom stereocenters. The summed E-state index contributed by atoms with van der Waals surface area (Å²) in [6.45, 7) is 5.06. The molecule has 1 aromatic rings. The topological polar surface area (TPSA) is 76.8 Å². The highest BCUT2D eigenvalue weighted by Crippen LogP contribution is 2.13. The van der Waals surface area contributed by atoms with Gasteiger partial charge in [0.05, 0.1) is 6.61 Å². The van der Waals surface area contributed by atoms with Crippen molar-refractivity contribution in [3.8, 4) is 5.75 Å². The molecule has 1 amide bonds. The van der Waals surface area contributed by atoms with Crippen LogP contribution in [0, 0.1) is 0 Å². The van der Waals surface area contributed by atoms with Gasteiger partial charge in [0, 0.05) is 31.8 Å². The number of carbonyl (C=O) groups is 1. The largest absolute Gasteiger partial charge is 0.492 e. The molecule has 20 heavy (non-hydrogen) atoms. The van der Waals surface area contributed by atoms with Gasteiger partial charge in [-0.2, -0.15) is 0 Å². The van der Waals surface area contributed by atoms with Crippen LogP contribution >= 0.6 is 0 Å². The van der Waals surface area contributed by atoms with E-state index in [1.807, 2.05) is 6.07 Å². The van der Waals surface area contributed by atoms with Crippen LogP contribution < -0.4 is 16.0 Å². The Morgan fingerprint density at radius 2 is 2.30 bits per heavy atom. The lowest BCUT2D eigenvalue weighted by molar-refractivity contribution is 0.0953. The Kier molecular flexibility index (Phi) is 5.79. The average molecular weight is 279 g/mol. The van der Waals surface area contributed by atoms with E-state index in [0.29, 0.717) is 17.9 Å². The van der Waals surface area contributed by atoms with E-state index >= 15 is 0 Å². The fourth-order valence-electron chi connectivity index (χ4n) is 2.12. The average Bonchev–Trinajstić information content (AvgIpc) is 2.75. The molecule has 1 aliphatic rings. The van der Waals surface area contributed by atoms with Crippen molar-refractivity contribution in [3.63, 3.8) is 0 Å². The maximum absolute atomic E-state index is 11.4. The van der Waals surface area contributed by atoms with Crippen LogP contribution in [-0.4, -0.2) is 50.3 Å². The minimum Gasteiger partial charge on any atom is -0.492 e. The number of ether oxygens (including phenoxy) is 2. The molecular formula is C14H21N3O3. The Hall–Kier alpha value is -1.63. The van der Waals surface area contributed by atoms with Crippen molar-refractivity contribution in [2.75, 3.05) is 39.5 Å². The monoisotopic (exact) mass is 279 g/mol. The highest BCUT2D eigenvalue weighted by Gasteiger charge is 2.09. The molecule has 0 atom stereocenters. The fraction of sp³-hybridized carbons (Fsp3) is 0.500. The van der Waals surface area contributed by atoms with Crippen molar-refractivity contribution in [2.24, 2.45) is 5.84 Å². The van der Waals surface area contributed by atoms with Crippen molar-refractivity contribution in [1.29, 1.82) is 0 Å². The summed E-state index contributed by atoms with van der Waals surface area (Å²) in [7, 11) is 0. The third-order valence-corrected chi connectivity index (χ3v) is 3.22. The Balaban J connectivity index is 1.80. The molecule has 3 N–H and O–H groups in total. The molecule has 6 nitrogen and oxygen atoms in total. The van der Waals surface area contributed by atoms with Gasteiger partial charge in [-0.1, -0.05) is 6.07 Å². The zero-order valence-corrected chi connectivity index (χ0v) is 11.5. The van der Waals surface area contributed by atoms with Crippen LogP contribution in [0.3, 0.4) is 0 Å². The van der Waals surface area contributed by atoms with Crippen LogP contribution in [-0.2, 0) is 4.74 Å². The first-order valence-electron chi connectivity index (χ1n) is 6.83. The summed E-state index contributed by atoms with van der Waals surface area (Å²) in [5, 5.41) is 0. The second kappa shape index (κ2) is 7.84. The van der Waals surface area contributed by atoms with Crippen LogP contribution in [0.5, 0.6) is 5.75 Å². The normalized spacial score (nSPS) is 16.4. The Bertz CT molecular complexity index is 431. The highest BCUT2D eigenvalue weighted by atomic mass is 16.5. The van der Waals surface area contributed by atoms with Crippen LogP contribution in [0.4, 0.5) is 0 Å². The number of benzene rings is 1. The smallest absolute Gasteiger partial charge is 0.265 e. The van der Waals surface area contributed by atoms with Gasteiger partial charge < -0.3 is 9.47 Å². The Morgan fingerprint density at radius 3 is 3.15 bits per heavy atom. The van der Waals surface area contributed by atoms with E-state index < -0.39 is 0 Å². The number of nitrogens with two attached hydrogens (primary N) is 1. The van der Waals surface area contributed by atoms with Crippen molar-refractivity contribution in [1.82, 2.24) is 10.3 Å². The van der Waals surface area contributed by atoms with Crippen molar-refractivity contribution in [3.05, 3.63) is 29.8 Å². The van der Waals surface area contributed by atoms with Crippen molar-refractivity contribution in [2.45, 2.75) is 6.42 Å². The minimum atomic E-state index is -0.319. The van der Waals surface area contributed by atoms with Gasteiger partial charge in [0.25, 0.3) is 5.91 Å². The number of hydrogen-bond donors (Lipinski definition) is 2. The van der Waals surface area contributed by atoms with Gasteiger partial charge in [-0.05, 0) is 24.6 Å². The number of nitrogens with zero attached hydrogens (tertiary/aromatic N) is 1. The van der Waals surface area contributed by atoms with Crippen molar-refractivity contribution >= 4 is 5.91 Å². The lowest BCUT2D eigenvalue weighted by Gasteiger charge is -2.19. The summed E-state index contributed by atoms with van der Waals surface area (Å²) >= 11 is 0. The van der Waals surface area contributed by atoms with Gasteiger partial charge in [0.2, 0.25) is 0 Å². The number of nitrogen functional groups attached to an aromatic ring is 1. The molecule has 1 fully saturated rings. The molecular weight excluding hydrogens is 258 g/mol. The van der Waals surface area contributed by atoms with Gasteiger partial charge >= 0.3 is 0 Å². The molecule has 1 heterocycles. The van der Waals surface area contributed by atoms with Crippen molar-refractivity contribution < 1.29 is 14.3 Å². The Labute approximate surface area is 118 Å². The van der Waals surface area contributed by atoms with Crippen LogP contribution in [0.25, 0.3) is 0 Å². The highest BCUT2D eigenvalue weighted by molar-refractivity contribution is 5.94. The predicted molar refractivity (Wildman–Crippen MR) is 75.5 cm³/mol. The number of rotatable bonds is 5. The number of hydrogen-bond acceptors (Lipinski definition) is 5. The molecule has 110 valence electrons. The van der Waals surface area contributed by atoms with E-state index in [1.54, 1.807) is 18.2 Å². The number of amides is 1. The van der Waals surface area contributed by atoms with E-state index in [0.717, 1.165) is 39.3 Å². The lowest BCUT2D eigenvalue weighted by Crippen LogP contribution is -2.31. The zero-order chi connectivity index (χ0) is 14.2. The van der Waals surface area contributed by atoms with E-state index in [4.69, 9.17) is 15.3 Å². The second-order valence-electron chi connectivity index (χ2n) is 4.66. The first-order valence-corrected chi connectivity index (χ1v) is 6.83. The summed E-state index contributed by atoms with van der Waals surface area (Å²) in [5.41, 5.74) is 2.60. The summed E-state index contributed by atoms with van der Waals surface area (Å²) in [6.07, 6.45) is 1.06. The Morgan fingerprint density at radius 1 is 1.40 bits per heavy atom. The van der Waals surface area contributed by atoms with Crippen LogP contribution in [0.15, 0.2) is 24.3 Å². The lowest BCUT2D eigenvalue weighted by atomic mass is 10.2. The minimum absolute atomic E-state index is 0.319. The SMILES string of the molecule is NNC(=O)c1cccc(OCCN2CCCOCC2)c1. The maximum Gasteiger partial charge on any atom is 0.265 e. The molecule has 6 heteroatoms. The number of nitrogens with one attached hydrogen (secondary N) is 1. The first kappa shape index (κ1) is 14.8. The van der Waals surface area contributed by atoms with E-state index in [2.05, 4.69) is 10.3 Å². The molecule has 1 saturated heterocycles. The molecule has 0 bridgehead atoms. The predicted octanol–water partition coefficient (Wildman–Crippen LogP) is 0.391. The summed E-state index contributed by atoms with van der Waals surface area (Å²) in [5.74, 6) is 5.47. The number of hydrazine groups is 1. The van der Waals surface area contributed by atoms with E-state index in [9.17, 15) is 4.79 Å². The molecule has 0 aliphatic carbocycles. The van der Waals surface area contributed by atoms with Crippen LogP contribution in [0.1, 0.15) is 16.8 Å². The van der Waals surface area contributed by atoms with E-state index in [-0.39, 0.29) is 5.91 Å². The molecule has 0 radical (unpaired) electrons. The van der Waals surface area contributed by atoms with E-state index in [1.165, 1.54) is 0 Å². The fourth-order valence-corrected chi connectivity index (χ4v) is 2.12. The molecule has 1 aromatic carbocycles. The molecule has 0 saturated carbocycles. The third kappa shape index (κ3) is 4.48. The quantitative estimate of drug-likeness (QED) is 0.463. The second-order valence-corrected chi connectivity index (χ2v) is 4.66. The first-order chi connectivity index (χ1) is 9.79. The molecule has 0 aromatic heterocycles. The molecule has 2 rings (SSSR count). The summed E-state index contributed by atoms with van der Waals surface area (Å²) in [4.78, 5) is 13.7. The standard InChI is InChI=1S/C14H21N3O3/c15-16-14(18)12-3-1-4-13(11-12)20-10-7-17-5-2-8-19-9-6-17/h1,3-4,11H,2,5-10,15H2,(H,16,18). The number of carbonyl (C=O) groups excluding carboxylic acids is 1. The van der Waals surface area contributed by atoms with Gasteiger partial charge in [-0.15, -0.1) is 0 Å².